The number of nitrogens with zero attached hydrogens (tertiary/aromatic N) is 4. The van der Waals surface area contributed by atoms with Gasteiger partial charge in [0.25, 0.3) is 11.8 Å². The molecule has 2 fully saturated rings. The van der Waals surface area contributed by atoms with Crippen LogP contribution in [0.25, 0.3) is 11.1 Å². The second-order valence-corrected chi connectivity index (χ2v) is 13.5. The monoisotopic (exact) mass is 644 g/mol. The number of likely N-dealkylation sites (N-methyl/N-ethyl adjacent to an activating group) is 1. The molecule has 2 unspecified atom stereocenters. The first-order valence-electron chi connectivity index (χ1n) is 15.6. The Labute approximate surface area is 275 Å². The van der Waals surface area contributed by atoms with Gasteiger partial charge in [-0.05, 0) is 67.2 Å². The maximum absolute atomic E-state index is 13.3. The Hall–Kier alpha value is -3.87. The average Bonchev–Trinajstić information content (AvgIpc) is 3.76. The lowest BCUT2D eigenvalue weighted by atomic mass is 9.94. The second-order valence-electron chi connectivity index (χ2n) is 12.4. The van der Waals surface area contributed by atoms with Gasteiger partial charge in [0.15, 0.2) is 5.01 Å². The molecule has 10 nitrogen and oxygen atoms in total. The molecule has 2 aromatic carbocycles. The molecule has 1 aromatic heterocycles. The summed E-state index contributed by atoms with van der Waals surface area (Å²) in [4.78, 5) is 38.1. The zero-order valence-corrected chi connectivity index (χ0v) is 27.9. The Kier molecular flexibility index (Phi) is 10.7. The first-order chi connectivity index (χ1) is 22.0. The van der Waals surface area contributed by atoms with Crippen molar-refractivity contribution in [1.29, 1.82) is 0 Å². The summed E-state index contributed by atoms with van der Waals surface area (Å²) in [5.74, 6) is -0.553. The molecule has 0 aliphatic carbocycles. The van der Waals surface area contributed by atoms with Crippen LogP contribution in [-0.2, 0) is 11.3 Å². The smallest absolute Gasteiger partial charge is 0.284 e. The van der Waals surface area contributed by atoms with Crippen molar-refractivity contribution >= 4 is 34.5 Å². The van der Waals surface area contributed by atoms with Gasteiger partial charge in [-0.25, -0.2) is 4.98 Å². The molecular weight excluding hydrogens is 600 g/mol. The molecule has 0 bridgehead atoms. The van der Waals surface area contributed by atoms with E-state index >= 15 is 0 Å². The van der Waals surface area contributed by atoms with E-state index < -0.39 is 0 Å². The summed E-state index contributed by atoms with van der Waals surface area (Å²) >= 11 is 1.37. The Balaban J connectivity index is 1.27. The molecule has 2 saturated heterocycles. The van der Waals surface area contributed by atoms with Crippen LogP contribution in [0, 0.1) is 13.8 Å². The number of aromatic nitrogens is 1. The number of likely N-dealkylation sites (tertiary alicyclic amines) is 2. The SMILES string of the molecule is C=C(/C=C(/CN1CCC(O)C1)N(C)C)C(=O)Nc1cccc(-c2cccc(NC(=O)c3ncc(CN4CCC(O)C4)s3)c2C)c1C. The van der Waals surface area contributed by atoms with Crippen LogP contribution < -0.4 is 10.6 Å². The molecule has 46 heavy (non-hydrogen) atoms. The Morgan fingerprint density at radius 1 is 0.978 bits per heavy atom. The van der Waals surface area contributed by atoms with E-state index in [2.05, 4.69) is 32.0 Å². The van der Waals surface area contributed by atoms with Crippen LogP contribution in [0.4, 0.5) is 11.4 Å². The molecule has 3 heterocycles. The lowest BCUT2D eigenvalue weighted by Crippen LogP contribution is -2.29. The molecule has 0 saturated carbocycles. The number of rotatable bonds is 11. The molecule has 244 valence electrons. The maximum Gasteiger partial charge on any atom is 0.284 e. The summed E-state index contributed by atoms with van der Waals surface area (Å²) in [5, 5.41) is 26.2. The summed E-state index contributed by atoms with van der Waals surface area (Å²) in [5.41, 5.74) is 6.34. The van der Waals surface area contributed by atoms with E-state index in [0.29, 0.717) is 48.1 Å². The average molecular weight is 645 g/mol. The van der Waals surface area contributed by atoms with E-state index in [1.165, 1.54) is 11.3 Å². The zero-order valence-electron chi connectivity index (χ0n) is 27.0. The van der Waals surface area contributed by atoms with Gasteiger partial charge in [-0.2, -0.15) is 0 Å². The maximum atomic E-state index is 13.3. The third kappa shape index (κ3) is 8.09. The van der Waals surface area contributed by atoms with E-state index in [0.717, 1.165) is 58.8 Å². The number of carbonyl (C=O) groups is 2. The van der Waals surface area contributed by atoms with Crippen molar-refractivity contribution in [1.82, 2.24) is 19.7 Å². The topological polar surface area (TPSA) is 121 Å². The number of nitrogens with one attached hydrogen (secondary N) is 2. The number of aliphatic hydroxyl groups excluding tert-OH is 2. The van der Waals surface area contributed by atoms with Gasteiger partial charge < -0.3 is 25.7 Å². The van der Waals surface area contributed by atoms with Crippen LogP contribution in [0.15, 0.2) is 66.5 Å². The largest absolute Gasteiger partial charge is 0.392 e. The minimum Gasteiger partial charge on any atom is -0.392 e. The van der Waals surface area contributed by atoms with Gasteiger partial charge in [0.1, 0.15) is 0 Å². The van der Waals surface area contributed by atoms with E-state index in [4.69, 9.17) is 0 Å². The van der Waals surface area contributed by atoms with Crippen LogP contribution in [-0.4, -0.2) is 101 Å². The number of aliphatic hydroxyl groups is 2. The van der Waals surface area contributed by atoms with Crippen LogP contribution >= 0.6 is 11.3 Å². The molecule has 3 aromatic rings. The molecule has 4 N–H and O–H groups in total. The van der Waals surface area contributed by atoms with E-state index in [9.17, 15) is 19.8 Å². The van der Waals surface area contributed by atoms with Gasteiger partial charge >= 0.3 is 0 Å². The molecule has 2 aliphatic heterocycles. The number of β-amino-alcohol motifs (C(OH)–C–C–N with tert-alkyl or cyclic N) is 2. The third-order valence-corrected chi connectivity index (χ3v) is 9.65. The predicted octanol–water partition coefficient (Wildman–Crippen LogP) is 4.25. The van der Waals surface area contributed by atoms with E-state index in [1.54, 1.807) is 12.3 Å². The van der Waals surface area contributed by atoms with Gasteiger partial charge in [0.05, 0.1) is 12.2 Å². The van der Waals surface area contributed by atoms with Crippen molar-refractivity contribution in [2.45, 2.75) is 45.4 Å². The summed E-state index contributed by atoms with van der Waals surface area (Å²) in [7, 11) is 3.87. The highest BCUT2D eigenvalue weighted by Crippen LogP contribution is 2.34. The second kappa shape index (κ2) is 14.7. The lowest BCUT2D eigenvalue weighted by Gasteiger charge is -2.23. The van der Waals surface area contributed by atoms with Crippen molar-refractivity contribution in [2.24, 2.45) is 0 Å². The highest BCUT2D eigenvalue weighted by Gasteiger charge is 2.23. The van der Waals surface area contributed by atoms with Crippen molar-refractivity contribution < 1.29 is 19.8 Å². The number of thiazole rings is 1. The highest BCUT2D eigenvalue weighted by atomic mass is 32.1. The Bertz CT molecular complexity index is 1630. The van der Waals surface area contributed by atoms with Gasteiger partial charge in [-0.1, -0.05) is 30.8 Å². The van der Waals surface area contributed by atoms with E-state index in [-0.39, 0.29) is 24.0 Å². The number of amides is 2. The first-order valence-corrected chi connectivity index (χ1v) is 16.4. The fourth-order valence-corrected chi connectivity index (χ4v) is 6.78. The van der Waals surface area contributed by atoms with E-state index in [1.807, 2.05) is 69.2 Å². The normalized spacial score (nSPS) is 19.0. The minimum atomic E-state index is -0.307. The first kappa shape index (κ1) is 33.5. The summed E-state index contributed by atoms with van der Waals surface area (Å²) in [6.07, 6.45) is 4.47. The molecule has 0 radical (unpaired) electrons. The Morgan fingerprint density at radius 3 is 2.13 bits per heavy atom. The summed E-state index contributed by atoms with van der Waals surface area (Å²) in [6, 6.07) is 11.6. The fraction of sp³-hybridized carbons (Fsp3) is 0.400. The fourth-order valence-electron chi connectivity index (χ4n) is 5.93. The van der Waals surface area contributed by atoms with Gasteiger partial charge in [0, 0.05) is 87.1 Å². The highest BCUT2D eigenvalue weighted by molar-refractivity contribution is 7.13. The quantitative estimate of drug-likeness (QED) is 0.181. The molecule has 2 atom stereocenters. The van der Waals surface area contributed by atoms with Crippen molar-refractivity contribution in [3.63, 3.8) is 0 Å². The number of hydrogen-bond donors (Lipinski definition) is 4. The number of anilines is 2. The molecule has 11 heteroatoms. The summed E-state index contributed by atoms with van der Waals surface area (Å²) < 4.78 is 0. The van der Waals surface area contributed by atoms with Crippen LogP contribution in [0.5, 0.6) is 0 Å². The van der Waals surface area contributed by atoms with Crippen molar-refractivity contribution in [3.05, 3.63) is 87.5 Å². The molecule has 2 amide bonds. The minimum absolute atomic E-state index is 0.264. The molecule has 5 rings (SSSR count). The predicted molar refractivity (Wildman–Crippen MR) is 184 cm³/mol. The van der Waals surface area contributed by atoms with Gasteiger partial charge in [-0.15, -0.1) is 11.3 Å². The molecule has 2 aliphatic rings. The number of benzene rings is 2. The lowest BCUT2D eigenvalue weighted by molar-refractivity contribution is -0.112. The number of hydrogen-bond acceptors (Lipinski definition) is 9. The number of carbonyl (C=O) groups excluding carboxylic acids is 2. The van der Waals surface area contributed by atoms with Crippen molar-refractivity contribution in [2.75, 3.05) is 57.5 Å². The molecular formula is C35H44N6O4S. The standard InChI is InChI=1S/C35H44N6O4S/c1-22(16-25(39(4)5)18-40-14-12-26(42)19-40)33(44)37-31-10-6-8-29(23(31)2)30-9-7-11-32(24(30)3)38-34(45)35-36-17-28(46-35)21-41-15-13-27(43)20-41/h6-11,16-17,26-27,42-43H,1,12-15,18-21H2,2-5H3,(H,37,44)(H,38,45)/b25-16-. The van der Waals surface area contributed by atoms with Gasteiger partial charge in [-0.3, -0.25) is 19.4 Å². The zero-order chi connectivity index (χ0) is 33.0. The van der Waals surface area contributed by atoms with Crippen LogP contribution in [0.1, 0.15) is 38.6 Å². The van der Waals surface area contributed by atoms with Crippen LogP contribution in [0.3, 0.4) is 0 Å². The van der Waals surface area contributed by atoms with Crippen molar-refractivity contribution in [3.8, 4) is 11.1 Å². The molecule has 0 spiro atoms. The van der Waals surface area contributed by atoms with Crippen LogP contribution in [0.2, 0.25) is 0 Å². The van der Waals surface area contributed by atoms with Gasteiger partial charge in [0.2, 0.25) is 0 Å². The summed E-state index contributed by atoms with van der Waals surface area (Å²) in [6.45, 7) is 12.2. The third-order valence-electron chi connectivity index (χ3n) is 8.67. The Morgan fingerprint density at radius 2 is 1.57 bits per heavy atom.